The van der Waals surface area contributed by atoms with Crippen molar-refractivity contribution in [2.75, 3.05) is 0 Å². The van der Waals surface area contributed by atoms with Crippen molar-refractivity contribution in [1.82, 2.24) is 14.8 Å². The Morgan fingerprint density at radius 3 is 3.11 bits per heavy atom. The summed E-state index contributed by atoms with van der Waals surface area (Å²) in [5.41, 5.74) is 0. The standard InChI is InChI=1S/C6H7N3/c1-3-4-9-5-7-6(2)8-9/h1,5H,4H2,2H3. The fourth-order valence-electron chi connectivity index (χ4n) is 0.557. The highest BCUT2D eigenvalue weighted by molar-refractivity contribution is 4.85. The first-order chi connectivity index (χ1) is 4.33. The first kappa shape index (κ1) is 5.83. The van der Waals surface area contributed by atoms with Crippen LogP contribution in [0.1, 0.15) is 5.82 Å². The molecule has 0 aliphatic carbocycles. The van der Waals surface area contributed by atoms with Crippen LogP contribution in [0, 0.1) is 19.3 Å². The monoisotopic (exact) mass is 121 g/mol. The molecule has 0 saturated heterocycles. The summed E-state index contributed by atoms with van der Waals surface area (Å²) in [7, 11) is 0. The third-order valence-electron chi connectivity index (χ3n) is 0.904. The summed E-state index contributed by atoms with van der Waals surface area (Å²) in [6.45, 7) is 2.33. The Labute approximate surface area is 53.7 Å². The summed E-state index contributed by atoms with van der Waals surface area (Å²) in [6, 6.07) is 0. The quantitative estimate of drug-likeness (QED) is 0.497. The van der Waals surface area contributed by atoms with Crippen LogP contribution in [0.2, 0.25) is 0 Å². The molecule has 0 aromatic carbocycles. The second-order valence-corrected chi connectivity index (χ2v) is 1.69. The average Bonchev–Trinajstić information content (AvgIpc) is 2.17. The van der Waals surface area contributed by atoms with Gasteiger partial charge < -0.3 is 0 Å². The van der Waals surface area contributed by atoms with Gasteiger partial charge in [-0.3, -0.25) is 0 Å². The minimum Gasteiger partial charge on any atom is -0.241 e. The molecular formula is C6H7N3. The van der Waals surface area contributed by atoms with E-state index in [0.717, 1.165) is 5.82 Å². The van der Waals surface area contributed by atoms with Crippen molar-refractivity contribution in [1.29, 1.82) is 0 Å². The summed E-state index contributed by atoms with van der Waals surface area (Å²) in [5, 5.41) is 3.96. The van der Waals surface area contributed by atoms with Gasteiger partial charge >= 0.3 is 0 Å². The predicted molar refractivity (Wildman–Crippen MR) is 33.6 cm³/mol. The van der Waals surface area contributed by atoms with Gasteiger partial charge in [0.25, 0.3) is 0 Å². The molecule has 9 heavy (non-hydrogen) atoms. The second-order valence-electron chi connectivity index (χ2n) is 1.69. The Morgan fingerprint density at radius 2 is 2.67 bits per heavy atom. The van der Waals surface area contributed by atoms with E-state index in [0.29, 0.717) is 6.54 Å². The summed E-state index contributed by atoms with van der Waals surface area (Å²) in [6.07, 6.45) is 6.65. The lowest BCUT2D eigenvalue weighted by atomic mass is 10.7. The SMILES string of the molecule is C#CCn1cnc(C)n1. The van der Waals surface area contributed by atoms with Gasteiger partial charge in [0.15, 0.2) is 0 Å². The van der Waals surface area contributed by atoms with Crippen LogP contribution in [-0.2, 0) is 6.54 Å². The highest BCUT2D eigenvalue weighted by Gasteiger charge is 1.89. The van der Waals surface area contributed by atoms with E-state index < -0.39 is 0 Å². The van der Waals surface area contributed by atoms with E-state index in [4.69, 9.17) is 6.42 Å². The van der Waals surface area contributed by atoms with E-state index in [1.165, 1.54) is 0 Å². The highest BCUT2D eigenvalue weighted by atomic mass is 15.3. The van der Waals surface area contributed by atoms with Crippen LogP contribution in [0.15, 0.2) is 6.33 Å². The number of rotatable bonds is 1. The molecule has 3 heteroatoms. The lowest BCUT2D eigenvalue weighted by Gasteiger charge is -1.86. The molecule has 1 heterocycles. The van der Waals surface area contributed by atoms with Crippen LogP contribution < -0.4 is 0 Å². The Bertz CT molecular complexity index is 231. The Morgan fingerprint density at radius 1 is 1.89 bits per heavy atom. The number of aryl methyl sites for hydroxylation is 1. The topological polar surface area (TPSA) is 30.7 Å². The average molecular weight is 121 g/mol. The van der Waals surface area contributed by atoms with Crippen molar-refractivity contribution in [3.63, 3.8) is 0 Å². The molecule has 0 aliphatic rings. The lowest BCUT2D eigenvalue weighted by molar-refractivity contribution is 0.706. The van der Waals surface area contributed by atoms with Gasteiger partial charge in [0, 0.05) is 0 Å². The maximum Gasteiger partial charge on any atom is 0.147 e. The maximum absolute atomic E-state index is 5.03. The Hall–Kier alpha value is -1.30. The third kappa shape index (κ3) is 1.29. The molecule has 1 aromatic heterocycles. The van der Waals surface area contributed by atoms with Crippen LogP contribution >= 0.6 is 0 Å². The van der Waals surface area contributed by atoms with Crippen LogP contribution in [-0.4, -0.2) is 14.8 Å². The maximum atomic E-state index is 5.03. The molecule has 1 aromatic rings. The molecule has 3 nitrogen and oxygen atoms in total. The third-order valence-corrected chi connectivity index (χ3v) is 0.904. The molecule has 0 spiro atoms. The smallest absolute Gasteiger partial charge is 0.147 e. The van der Waals surface area contributed by atoms with Gasteiger partial charge in [-0.25, -0.2) is 9.67 Å². The minimum atomic E-state index is 0.501. The number of hydrogen-bond acceptors (Lipinski definition) is 2. The van der Waals surface area contributed by atoms with E-state index in [-0.39, 0.29) is 0 Å². The fraction of sp³-hybridized carbons (Fsp3) is 0.333. The summed E-state index contributed by atoms with van der Waals surface area (Å²) >= 11 is 0. The number of terminal acetylenes is 1. The van der Waals surface area contributed by atoms with Crippen molar-refractivity contribution < 1.29 is 0 Å². The van der Waals surface area contributed by atoms with Crippen molar-refractivity contribution in [3.8, 4) is 12.3 Å². The van der Waals surface area contributed by atoms with Gasteiger partial charge in [0.2, 0.25) is 0 Å². The zero-order chi connectivity index (χ0) is 6.69. The van der Waals surface area contributed by atoms with Gasteiger partial charge in [-0.15, -0.1) is 6.42 Å². The number of aromatic nitrogens is 3. The minimum absolute atomic E-state index is 0.501. The van der Waals surface area contributed by atoms with Gasteiger partial charge in [-0.2, -0.15) is 5.10 Å². The molecule has 0 saturated carbocycles. The molecule has 0 aliphatic heterocycles. The van der Waals surface area contributed by atoms with Gasteiger partial charge in [-0.05, 0) is 6.92 Å². The van der Waals surface area contributed by atoms with Crippen molar-refractivity contribution in [2.24, 2.45) is 0 Å². The van der Waals surface area contributed by atoms with E-state index in [1.54, 1.807) is 11.0 Å². The predicted octanol–water partition coefficient (Wildman–Crippen LogP) is 0.220. The van der Waals surface area contributed by atoms with Crippen molar-refractivity contribution in [3.05, 3.63) is 12.2 Å². The largest absolute Gasteiger partial charge is 0.241 e. The van der Waals surface area contributed by atoms with E-state index in [2.05, 4.69) is 16.0 Å². The first-order valence-corrected chi connectivity index (χ1v) is 2.62. The molecule has 0 bridgehead atoms. The normalized spacial score (nSPS) is 8.89. The highest BCUT2D eigenvalue weighted by Crippen LogP contribution is 1.83. The summed E-state index contributed by atoms with van der Waals surface area (Å²) in [5.74, 6) is 3.21. The van der Waals surface area contributed by atoms with E-state index in [1.807, 2.05) is 6.92 Å². The number of nitrogens with zero attached hydrogens (tertiary/aromatic N) is 3. The van der Waals surface area contributed by atoms with Crippen LogP contribution in [0.25, 0.3) is 0 Å². The van der Waals surface area contributed by atoms with Crippen LogP contribution in [0.5, 0.6) is 0 Å². The molecule has 0 unspecified atom stereocenters. The molecule has 0 N–H and O–H groups in total. The molecule has 46 valence electrons. The fourth-order valence-corrected chi connectivity index (χ4v) is 0.557. The second kappa shape index (κ2) is 2.31. The summed E-state index contributed by atoms with van der Waals surface area (Å²) in [4.78, 5) is 3.89. The molecule has 0 atom stereocenters. The number of hydrogen-bond donors (Lipinski definition) is 0. The van der Waals surface area contributed by atoms with Crippen molar-refractivity contribution >= 4 is 0 Å². The molecular weight excluding hydrogens is 114 g/mol. The van der Waals surface area contributed by atoms with Crippen LogP contribution in [0.4, 0.5) is 0 Å². The lowest BCUT2D eigenvalue weighted by Crippen LogP contribution is -1.95. The molecule has 0 radical (unpaired) electrons. The van der Waals surface area contributed by atoms with Crippen LogP contribution in [0.3, 0.4) is 0 Å². The van der Waals surface area contributed by atoms with E-state index in [9.17, 15) is 0 Å². The zero-order valence-electron chi connectivity index (χ0n) is 5.20. The van der Waals surface area contributed by atoms with Gasteiger partial charge in [0.1, 0.15) is 18.7 Å². The Kier molecular flexibility index (Phi) is 1.50. The summed E-state index contributed by atoms with van der Waals surface area (Å²) < 4.78 is 1.62. The zero-order valence-corrected chi connectivity index (χ0v) is 5.20. The van der Waals surface area contributed by atoms with E-state index >= 15 is 0 Å². The molecule has 0 amide bonds. The van der Waals surface area contributed by atoms with Gasteiger partial charge in [0.05, 0.1) is 0 Å². The molecule has 1 rings (SSSR count). The van der Waals surface area contributed by atoms with Crippen molar-refractivity contribution in [2.45, 2.75) is 13.5 Å². The Balaban J connectivity index is 2.76. The first-order valence-electron chi connectivity index (χ1n) is 2.62. The van der Waals surface area contributed by atoms with Gasteiger partial charge in [-0.1, -0.05) is 5.92 Å². The molecule has 0 fully saturated rings.